The summed E-state index contributed by atoms with van der Waals surface area (Å²) in [5, 5.41) is 3.32. The first-order chi connectivity index (χ1) is 10.7. The maximum Gasteiger partial charge on any atom is 0.193 e. The Balaban J connectivity index is 0.00000264. The summed E-state index contributed by atoms with van der Waals surface area (Å²) < 4.78 is 18.6. The van der Waals surface area contributed by atoms with Gasteiger partial charge in [0.2, 0.25) is 0 Å². The normalized spacial score (nSPS) is 17.7. The number of aliphatic imine (C=N–C) groups is 1. The molecule has 1 atom stereocenters. The number of nitrogens with zero attached hydrogens (tertiary/aromatic N) is 2. The largest absolute Gasteiger partial charge is 0.381 e. The Bertz CT molecular complexity index is 492. The minimum Gasteiger partial charge on any atom is -0.381 e. The van der Waals surface area contributed by atoms with Crippen molar-refractivity contribution in [2.45, 2.75) is 19.8 Å². The lowest BCUT2D eigenvalue weighted by atomic mass is 10.1. The first-order valence-electron chi connectivity index (χ1n) is 8.00. The van der Waals surface area contributed by atoms with Gasteiger partial charge in [-0.25, -0.2) is 4.39 Å². The molecule has 0 aliphatic carbocycles. The molecule has 0 amide bonds. The summed E-state index contributed by atoms with van der Waals surface area (Å²) in [6.07, 6.45) is 1.86. The molecule has 130 valence electrons. The minimum absolute atomic E-state index is 0. The smallest absolute Gasteiger partial charge is 0.193 e. The van der Waals surface area contributed by atoms with Crippen LogP contribution in [0, 0.1) is 11.7 Å². The van der Waals surface area contributed by atoms with E-state index in [1.165, 1.54) is 6.07 Å². The number of ether oxygens (including phenoxy) is 1. The van der Waals surface area contributed by atoms with Crippen LogP contribution in [0.2, 0.25) is 0 Å². The fourth-order valence-electron chi connectivity index (χ4n) is 2.65. The molecule has 0 aromatic heterocycles. The zero-order valence-electron chi connectivity index (χ0n) is 13.9. The summed E-state index contributed by atoms with van der Waals surface area (Å²) >= 11 is 0. The quantitative estimate of drug-likeness (QED) is 0.424. The number of benzene rings is 1. The van der Waals surface area contributed by atoms with Gasteiger partial charge in [0.1, 0.15) is 5.82 Å². The van der Waals surface area contributed by atoms with E-state index in [2.05, 4.69) is 29.2 Å². The van der Waals surface area contributed by atoms with Crippen LogP contribution in [-0.4, -0.2) is 50.8 Å². The van der Waals surface area contributed by atoms with Crippen LogP contribution in [0.3, 0.4) is 0 Å². The number of halogens is 2. The second-order valence-electron chi connectivity index (χ2n) is 5.73. The molecule has 1 saturated heterocycles. The first kappa shape index (κ1) is 20.2. The first-order valence-corrected chi connectivity index (χ1v) is 8.00. The Labute approximate surface area is 155 Å². The third kappa shape index (κ3) is 7.03. The van der Waals surface area contributed by atoms with Gasteiger partial charge in [-0.1, -0.05) is 12.1 Å². The molecule has 0 radical (unpaired) electrons. The van der Waals surface area contributed by atoms with Crippen LogP contribution in [0.5, 0.6) is 0 Å². The van der Waals surface area contributed by atoms with Gasteiger partial charge in [-0.2, -0.15) is 0 Å². The molecule has 1 aliphatic rings. The highest BCUT2D eigenvalue weighted by molar-refractivity contribution is 14.0. The molecule has 1 N–H and O–H groups in total. The van der Waals surface area contributed by atoms with E-state index in [-0.39, 0.29) is 29.8 Å². The molecule has 0 saturated carbocycles. The Hall–Kier alpha value is -0.890. The van der Waals surface area contributed by atoms with Gasteiger partial charge < -0.3 is 15.0 Å². The summed E-state index contributed by atoms with van der Waals surface area (Å²) in [6, 6.07) is 6.72. The molecule has 6 heteroatoms. The Morgan fingerprint density at radius 1 is 1.48 bits per heavy atom. The van der Waals surface area contributed by atoms with Crippen molar-refractivity contribution in [1.82, 2.24) is 10.2 Å². The van der Waals surface area contributed by atoms with Crippen molar-refractivity contribution in [2.24, 2.45) is 10.9 Å². The summed E-state index contributed by atoms with van der Waals surface area (Å²) in [5.41, 5.74) is 0.978. The maximum atomic E-state index is 13.2. The van der Waals surface area contributed by atoms with Crippen LogP contribution in [0.4, 0.5) is 4.39 Å². The van der Waals surface area contributed by atoms with Gasteiger partial charge in [0.15, 0.2) is 5.96 Å². The molecule has 1 unspecified atom stereocenters. The average molecular weight is 435 g/mol. The van der Waals surface area contributed by atoms with Crippen LogP contribution in [0.15, 0.2) is 29.3 Å². The van der Waals surface area contributed by atoms with Crippen LogP contribution in [0.1, 0.15) is 18.9 Å². The number of rotatable bonds is 6. The van der Waals surface area contributed by atoms with Crippen LogP contribution in [-0.2, 0) is 11.2 Å². The lowest BCUT2D eigenvalue weighted by molar-refractivity contribution is 0.181. The second-order valence-corrected chi connectivity index (χ2v) is 5.73. The number of hydrogen-bond acceptors (Lipinski definition) is 2. The molecular formula is C17H27FIN3O. The average Bonchev–Trinajstić information content (AvgIpc) is 2.99. The van der Waals surface area contributed by atoms with Crippen molar-refractivity contribution in [2.75, 3.05) is 39.9 Å². The number of nitrogens with one attached hydrogen (secondary N) is 1. The fraction of sp³-hybridized carbons (Fsp3) is 0.588. The van der Waals surface area contributed by atoms with Gasteiger partial charge in [-0.15, -0.1) is 24.0 Å². The highest BCUT2D eigenvalue weighted by atomic mass is 127. The molecule has 23 heavy (non-hydrogen) atoms. The second kappa shape index (κ2) is 10.8. The van der Waals surface area contributed by atoms with E-state index >= 15 is 0 Å². The van der Waals surface area contributed by atoms with E-state index < -0.39 is 0 Å². The third-order valence-corrected chi connectivity index (χ3v) is 3.80. The van der Waals surface area contributed by atoms with E-state index in [1.54, 1.807) is 12.1 Å². The molecule has 0 spiro atoms. The summed E-state index contributed by atoms with van der Waals surface area (Å²) in [7, 11) is 2.06. The van der Waals surface area contributed by atoms with Gasteiger partial charge in [0, 0.05) is 39.2 Å². The van der Waals surface area contributed by atoms with Crippen molar-refractivity contribution in [3.05, 3.63) is 35.6 Å². The SMILES string of the molecule is CCNC(=NCCc1cccc(F)c1)N(C)CC1CCOC1.I. The summed E-state index contributed by atoms with van der Waals surface area (Å²) in [6.45, 7) is 6.21. The predicted octanol–water partition coefficient (Wildman–Crippen LogP) is 2.92. The number of hydrogen-bond donors (Lipinski definition) is 1. The Kier molecular flexibility index (Phi) is 9.47. The monoisotopic (exact) mass is 435 g/mol. The van der Waals surface area contributed by atoms with Crippen LogP contribution in [0.25, 0.3) is 0 Å². The van der Waals surface area contributed by atoms with Crippen LogP contribution < -0.4 is 5.32 Å². The molecule has 1 heterocycles. The lowest BCUT2D eigenvalue weighted by Gasteiger charge is -2.24. The summed E-state index contributed by atoms with van der Waals surface area (Å²) in [4.78, 5) is 6.81. The molecule has 1 aromatic rings. The van der Waals surface area contributed by atoms with E-state index in [4.69, 9.17) is 4.74 Å². The predicted molar refractivity (Wildman–Crippen MR) is 103 cm³/mol. The van der Waals surface area contributed by atoms with Crippen molar-refractivity contribution < 1.29 is 9.13 Å². The Morgan fingerprint density at radius 3 is 2.96 bits per heavy atom. The van der Waals surface area contributed by atoms with Crippen molar-refractivity contribution in [3.63, 3.8) is 0 Å². The standard InChI is InChI=1S/C17H26FN3O.HI/c1-3-19-17(21(2)12-15-8-10-22-13-15)20-9-7-14-5-4-6-16(18)11-14;/h4-6,11,15H,3,7-10,12-13H2,1-2H3,(H,19,20);1H. The van der Waals surface area contributed by atoms with Gasteiger partial charge in [0.25, 0.3) is 0 Å². The lowest BCUT2D eigenvalue weighted by Crippen LogP contribution is -2.41. The van der Waals surface area contributed by atoms with E-state index in [0.717, 1.165) is 50.7 Å². The van der Waals surface area contributed by atoms with Crippen molar-refractivity contribution in [3.8, 4) is 0 Å². The van der Waals surface area contributed by atoms with E-state index in [9.17, 15) is 4.39 Å². The van der Waals surface area contributed by atoms with E-state index in [0.29, 0.717) is 12.5 Å². The molecule has 2 rings (SSSR count). The molecule has 1 fully saturated rings. The van der Waals surface area contributed by atoms with Gasteiger partial charge >= 0.3 is 0 Å². The molecule has 1 aliphatic heterocycles. The minimum atomic E-state index is -0.188. The highest BCUT2D eigenvalue weighted by Gasteiger charge is 2.18. The van der Waals surface area contributed by atoms with Gasteiger partial charge in [-0.3, -0.25) is 4.99 Å². The number of guanidine groups is 1. The molecule has 4 nitrogen and oxygen atoms in total. The Morgan fingerprint density at radius 2 is 2.30 bits per heavy atom. The third-order valence-electron chi connectivity index (χ3n) is 3.80. The van der Waals surface area contributed by atoms with Crippen LogP contribution >= 0.6 is 24.0 Å². The van der Waals surface area contributed by atoms with Gasteiger partial charge in [-0.05, 0) is 37.5 Å². The highest BCUT2D eigenvalue weighted by Crippen LogP contribution is 2.13. The maximum absolute atomic E-state index is 13.2. The fourth-order valence-corrected chi connectivity index (χ4v) is 2.65. The zero-order chi connectivity index (χ0) is 15.8. The van der Waals surface area contributed by atoms with Gasteiger partial charge in [0.05, 0.1) is 6.61 Å². The van der Waals surface area contributed by atoms with Crippen molar-refractivity contribution >= 4 is 29.9 Å². The van der Waals surface area contributed by atoms with Crippen molar-refractivity contribution in [1.29, 1.82) is 0 Å². The zero-order valence-corrected chi connectivity index (χ0v) is 16.3. The topological polar surface area (TPSA) is 36.9 Å². The molecule has 0 bridgehead atoms. The molecule has 1 aromatic carbocycles. The van der Waals surface area contributed by atoms with E-state index in [1.807, 2.05) is 6.07 Å². The summed E-state index contributed by atoms with van der Waals surface area (Å²) in [5.74, 6) is 1.30. The molecular weight excluding hydrogens is 408 g/mol.